The molecule has 1 aromatic heterocycles. The van der Waals surface area contributed by atoms with Crippen LogP contribution in [0.2, 0.25) is 5.02 Å². The normalized spacial score (nSPS) is 17.3. The van der Waals surface area contributed by atoms with Crippen LogP contribution in [0.25, 0.3) is 5.76 Å². The van der Waals surface area contributed by atoms with Crippen LogP contribution in [0.1, 0.15) is 17.3 Å². The molecule has 1 unspecified atom stereocenters. The van der Waals surface area contributed by atoms with E-state index in [1.54, 1.807) is 48.7 Å². The second-order valence-electron chi connectivity index (χ2n) is 7.68. The van der Waals surface area contributed by atoms with Crippen molar-refractivity contribution in [1.82, 2.24) is 4.98 Å². The number of pyridine rings is 1. The summed E-state index contributed by atoms with van der Waals surface area (Å²) in [5.74, 6) is -1.53. The van der Waals surface area contributed by atoms with E-state index in [-0.39, 0.29) is 11.3 Å². The van der Waals surface area contributed by atoms with Gasteiger partial charge in [-0.1, -0.05) is 17.7 Å². The number of amides is 1. The molecule has 0 spiro atoms. The number of rotatable bonds is 5. The van der Waals surface area contributed by atoms with Gasteiger partial charge >= 0.3 is 0 Å². The molecule has 0 radical (unpaired) electrons. The van der Waals surface area contributed by atoms with Crippen LogP contribution in [0.3, 0.4) is 0 Å². The minimum absolute atomic E-state index is 0.0558. The van der Waals surface area contributed by atoms with Gasteiger partial charge in [0.05, 0.1) is 23.4 Å². The van der Waals surface area contributed by atoms with E-state index in [1.165, 1.54) is 18.1 Å². The second-order valence-corrected chi connectivity index (χ2v) is 8.09. The van der Waals surface area contributed by atoms with Crippen LogP contribution in [0.5, 0.6) is 5.75 Å². The molecule has 0 saturated carbocycles. The number of Topliss-reactive ketones (excluding diaryl/α,β-unsaturated/α-hetero) is 1. The van der Waals surface area contributed by atoms with Crippen molar-refractivity contribution in [3.8, 4) is 5.75 Å². The van der Waals surface area contributed by atoms with Gasteiger partial charge in [0.1, 0.15) is 17.6 Å². The molecule has 1 atom stereocenters. The fourth-order valence-corrected chi connectivity index (χ4v) is 3.99. The van der Waals surface area contributed by atoms with Gasteiger partial charge in [0.15, 0.2) is 0 Å². The molecule has 1 N–H and O–H groups in total. The maximum Gasteiger partial charge on any atom is 0.300 e. The molecule has 2 heterocycles. The predicted molar refractivity (Wildman–Crippen MR) is 128 cm³/mol. The van der Waals surface area contributed by atoms with Crippen LogP contribution in [0.4, 0.5) is 11.4 Å². The standard InChI is InChI=1S/C25H22ClN3O4/c1-28(2)16-8-10-17(11-9-16)29-22(19-6-4-5-13-27-19)21(24(31)25(29)32)23(30)15-7-12-18(26)20(14-15)33-3/h4-14,22,30H,1-3H3/b23-21-. The first-order chi connectivity index (χ1) is 15.8. The van der Waals surface area contributed by atoms with Crippen LogP contribution in [-0.4, -0.2) is 43.0 Å². The zero-order valence-corrected chi connectivity index (χ0v) is 19.1. The number of methoxy groups -OCH3 is 1. The largest absolute Gasteiger partial charge is 0.507 e. The average Bonchev–Trinajstić information content (AvgIpc) is 3.10. The lowest BCUT2D eigenvalue weighted by molar-refractivity contribution is -0.132. The van der Waals surface area contributed by atoms with E-state index < -0.39 is 17.7 Å². The summed E-state index contributed by atoms with van der Waals surface area (Å²) in [4.78, 5) is 34.0. The molecule has 1 aliphatic heterocycles. The zero-order valence-electron chi connectivity index (χ0n) is 18.3. The number of halogens is 1. The molecule has 0 bridgehead atoms. The molecule has 3 aromatic rings. The number of aliphatic hydroxyl groups excluding tert-OH is 1. The summed E-state index contributed by atoms with van der Waals surface area (Å²) >= 11 is 6.11. The number of ketones is 1. The highest BCUT2D eigenvalue weighted by Crippen LogP contribution is 2.42. The molecule has 168 valence electrons. The Bertz CT molecular complexity index is 1240. The Balaban J connectivity index is 1.90. The Hall–Kier alpha value is -3.84. The molecule has 1 saturated heterocycles. The molecule has 4 rings (SSSR count). The van der Waals surface area contributed by atoms with Gasteiger partial charge in [-0.3, -0.25) is 19.5 Å². The van der Waals surface area contributed by atoms with Crippen molar-refractivity contribution in [2.45, 2.75) is 6.04 Å². The Kier molecular flexibility index (Phi) is 6.07. The van der Waals surface area contributed by atoms with Crippen molar-refractivity contribution in [2.24, 2.45) is 0 Å². The van der Waals surface area contributed by atoms with Crippen LogP contribution in [0, 0.1) is 0 Å². The lowest BCUT2D eigenvalue weighted by atomic mass is 9.98. The van der Waals surface area contributed by atoms with Crippen LogP contribution >= 0.6 is 11.6 Å². The predicted octanol–water partition coefficient (Wildman–Crippen LogP) is 4.44. The number of hydrogen-bond donors (Lipinski definition) is 1. The van der Waals surface area contributed by atoms with E-state index in [4.69, 9.17) is 16.3 Å². The van der Waals surface area contributed by atoms with E-state index in [9.17, 15) is 14.7 Å². The molecule has 2 aromatic carbocycles. The van der Waals surface area contributed by atoms with Crippen molar-refractivity contribution in [3.05, 3.63) is 88.7 Å². The van der Waals surface area contributed by atoms with Gasteiger partial charge in [-0.2, -0.15) is 0 Å². The average molecular weight is 464 g/mol. The summed E-state index contributed by atoms with van der Waals surface area (Å²) in [6.07, 6.45) is 1.58. The monoisotopic (exact) mass is 463 g/mol. The van der Waals surface area contributed by atoms with Crippen LogP contribution < -0.4 is 14.5 Å². The zero-order chi connectivity index (χ0) is 23.7. The van der Waals surface area contributed by atoms with Gasteiger partial charge in [-0.05, 0) is 54.6 Å². The van der Waals surface area contributed by atoms with Crippen molar-refractivity contribution in [1.29, 1.82) is 0 Å². The maximum atomic E-state index is 13.2. The summed E-state index contributed by atoms with van der Waals surface area (Å²) in [7, 11) is 5.28. The quantitative estimate of drug-likeness (QED) is 0.342. The topological polar surface area (TPSA) is 83.0 Å². The van der Waals surface area contributed by atoms with E-state index in [0.717, 1.165) is 5.69 Å². The fraction of sp³-hybridized carbons (Fsp3) is 0.160. The molecule has 33 heavy (non-hydrogen) atoms. The summed E-state index contributed by atoms with van der Waals surface area (Å²) < 4.78 is 5.23. The third-order valence-corrected chi connectivity index (χ3v) is 5.79. The number of hydrogen-bond acceptors (Lipinski definition) is 6. The van der Waals surface area contributed by atoms with Gasteiger partial charge in [-0.15, -0.1) is 0 Å². The highest BCUT2D eigenvalue weighted by molar-refractivity contribution is 6.51. The van der Waals surface area contributed by atoms with Gasteiger partial charge < -0.3 is 14.7 Å². The fourth-order valence-electron chi connectivity index (χ4n) is 3.79. The summed E-state index contributed by atoms with van der Waals surface area (Å²) in [5, 5.41) is 11.5. The Morgan fingerprint density at radius 1 is 1.09 bits per heavy atom. The minimum Gasteiger partial charge on any atom is -0.507 e. The highest BCUT2D eigenvalue weighted by Gasteiger charge is 2.47. The number of aromatic nitrogens is 1. The number of aliphatic hydroxyl groups is 1. The van der Waals surface area contributed by atoms with Crippen LogP contribution in [-0.2, 0) is 9.59 Å². The van der Waals surface area contributed by atoms with Crippen molar-refractivity contribution >= 4 is 40.4 Å². The Morgan fingerprint density at radius 3 is 2.42 bits per heavy atom. The number of ether oxygens (including phenoxy) is 1. The Morgan fingerprint density at radius 2 is 1.82 bits per heavy atom. The smallest absolute Gasteiger partial charge is 0.300 e. The van der Waals surface area contributed by atoms with Crippen LogP contribution in [0.15, 0.2) is 72.4 Å². The first-order valence-corrected chi connectivity index (χ1v) is 10.5. The third kappa shape index (κ3) is 4.03. The van der Waals surface area contributed by atoms with Crippen molar-refractivity contribution < 1.29 is 19.4 Å². The van der Waals surface area contributed by atoms with Crippen molar-refractivity contribution in [3.63, 3.8) is 0 Å². The molecule has 7 nitrogen and oxygen atoms in total. The maximum absolute atomic E-state index is 13.2. The van der Waals surface area contributed by atoms with Gasteiger partial charge in [-0.25, -0.2) is 0 Å². The molecule has 8 heteroatoms. The van der Waals surface area contributed by atoms with Gasteiger partial charge in [0.25, 0.3) is 11.7 Å². The first-order valence-electron chi connectivity index (χ1n) is 10.2. The lowest BCUT2D eigenvalue weighted by Gasteiger charge is -2.25. The second kappa shape index (κ2) is 8.96. The van der Waals surface area contributed by atoms with Crippen molar-refractivity contribution in [2.75, 3.05) is 31.0 Å². The van der Waals surface area contributed by atoms with Gasteiger partial charge in [0.2, 0.25) is 0 Å². The SMILES string of the molecule is COc1cc(/C(O)=C2/C(=O)C(=O)N(c3ccc(N(C)C)cc3)C2c2ccccn2)ccc1Cl. The molecule has 1 aliphatic rings. The number of benzene rings is 2. The Labute approximate surface area is 196 Å². The summed E-state index contributed by atoms with van der Waals surface area (Å²) in [5.41, 5.74) is 2.16. The molecular weight excluding hydrogens is 442 g/mol. The number of nitrogens with zero attached hydrogens (tertiary/aromatic N) is 3. The molecule has 1 amide bonds. The third-order valence-electron chi connectivity index (χ3n) is 5.48. The number of anilines is 2. The molecular formula is C25H22ClN3O4. The first kappa shape index (κ1) is 22.4. The van der Waals surface area contributed by atoms with Gasteiger partial charge in [0, 0.05) is 37.2 Å². The minimum atomic E-state index is -0.905. The highest BCUT2D eigenvalue weighted by atomic mass is 35.5. The van der Waals surface area contributed by atoms with E-state index in [2.05, 4.69) is 4.98 Å². The molecule has 0 aliphatic carbocycles. The van der Waals surface area contributed by atoms with E-state index in [1.807, 2.05) is 31.1 Å². The summed E-state index contributed by atoms with van der Waals surface area (Å²) in [6.45, 7) is 0. The lowest BCUT2D eigenvalue weighted by Crippen LogP contribution is -2.29. The van der Waals surface area contributed by atoms with E-state index >= 15 is 0 Å². The number of carbonyl (C=O) groups excluding carboxylic acids is 2. The van der Waals surface area contributed by atoms with E-state index in [0.29, 0.717) is 27.7 Å². The number of carbonyl (C=O) groups is 2. The summed E-state index contributed by atoms with van der Waals surface area (Å²) in [6, 6.07) is 16.2. The molecule has 1 fully saturated rings.